The predicted molar refractivity (Wildman–Crippen MR) is 210 cm³/mol. The molecular formula is C46H29N5. The van der Waals surface area contributed by atoms with Crippen molar-refractivity contribution in [2.75, 3.05) is 0 Å². The summed E-state index contributed by atoms with van der Waals surface area (Å²) in [5.74, 6) is 0.633. The first-order valence-electron chi connectivity index (χ1n) is 19.4. The average molecular weight is 657 g/mol. The van der Waals surface area contributed by atoms with Crippen molar-refractivity contribution >= 4 is 65.4 Å². The number of hydrogen-bond acceptors (Lipinski definition) is 2. The topological polar surface area (TPSA) is 40.6 Å². The van der Waals surface area contributed by atoms with Gasteiger partial charge in [0, 0.05) is 43.9 Å². The van der Waals surface area contributed by atoms with Crippen molar-refractivity contribution in [3.8, 4) is 28.7 Å². The Labute approximate surface area is 299 Å². The van der Waals surface area contributed by atoms with Gasteiger partial charge in [0.25, 0.3) is 0 Å². The molecule has 0 aliphatic heterocycles. The first-order chi connectivity index (χ1) is 27.4. The second-order valence-electron chi connectivity index (χ2n) is 12.7. The normalized spacial score (nSPS) is 13.3. The smallest absolute Gasteiger partial charge is 0.166 e. The summed E-state index contributed by atoms with van der Waals surface area (Å²) in [5.41, 5.74) is 5.30. The van der Waals surface area contributed by atoms with Crippen molar-refractivity contribution in [3.63, 3.8) is 0 Å². The highest BCUT2D eigenvalue weighted by Crippen LogP contribution is 2.38. The monoisotopic (exact) mass is 656 g/mol. The van der Waals surface area contributed by atoms with E-state index < -0.39 is 6.04 Å². The Bertz CT molecular complexity index is 3160. The summed E-state index contributed by atoms with van der Waals surface area (Å²) < 4.78 is 52.8. The average Bonchev–Trinajstić information content (AvgIpc) is 3.88. The number of fused-ring (bicyclic) bond motifs is 9. The summed E-state index contributed by atoms with van der Waals surface area (Å²) in [6.45, 7) is 0. The molecular weight excluding hydrogens is 623 g/mol. The molecule has 11 aromatic rings. The fourth-order valence-corrected chi connectivity index (χ4v) is 7.81. The van der Waals surface area contributed by atoms with Crippen molar-refractivity contribution in [1.82, 2.24) is 23.7 Å². The lowest BCUT2D eigenvalue weighted by atomic mass is 10.1. The van der Waals surface area contributed by atoms with Crippen LogP contribution in [0.1, 0.15) is 6.85 Å². The van der Waals surface area contributed by atoms with E-state index in [1.165, 1.54) is 0 Å². The second kappa shape index (κ2) is 10.8. The molecule has 0 unspecified atom stereocenters. The molecule has 0 fully saturated rings. The number of para-hydroxylation sites is 7. The van der Waals surface area contributed by atoms with E-state index in [0.717, 1.165) is 65.4 Å². The maximum absolute atomic E-state index is 10.0. The Morgan fingerprint density at radius 2 is 0.686 bits per heavy atom. The first-order valence-corrected chi connectivity index (χ1v) is 16.9. The van der Waals surface area contributed by atoms with Crippen LogP contribution in [0.4, 0.5) is 0 Å². The third kappa shape index (κ3) is 4.03. The van der Waals surface area contributed by atoms with Gasteiger partial charge in [-0.15, -0.1) is 0 Å². The van der Waals surface area contributed by atoms with Gasteiger partial charge in [-0.05, 0) is 48.5 Å². The largest absolute Gasteiger partial charge is 0.309 e. The van der Waals surface area contributed by atoms with E-state index in [4.69, 9.17) is 12.7 Å². The highest BCUT2D eigenvalue weighted by molar-refractivity contribution is 6.11. The van der Waals surface area contributed by atoms with E-state index in [1.54, 1.807) is 0 Å². The third-order valence-electron chi connectivity index (χ3n) is 9.93. The van der Waals surface area contributed by atoms with Crippen LogP contribution in [0.25, 0.3) is 94.1 Å². The van der Waals surface area contributed by atoms with Crippen LogP contribution in [0, 0.1) is 0 Å². The van der Waals surface area contributed by atoms with Gasteiger partial charge in [-0.1, -0.05) is 121 Å². The Kier molecular flexibility index (Phi) is 4.93. The van der Waals surface area contributed by atoms with Crippen LogP contribution >= 0.6 is 0 Å². The maximum Gasteiger partial charge on any atom is 0.166 e. The Morgan fingerprint density at radius 1 is 0.373 bits per heavy atom. The minimum Gasteiger partial charge on any atom is -0.309 e. The van der Waals surface area contributed by atoms with Crippen LogP contribution in [0.15, 0.2) is 176 Å². The SMILES string of the molecule is [2H]c1c(-n2c3ccccc3c3ccccc32)nc(-c2c([2H])c([2H])c([2H])c([2H])c2-n2c3ccccc3c3ccccc32)nc1-n1c2ccccc2c2ccccc21. The molecule has 0 saturated carbocycles. The molecule has 0 aliphatic rings. The summed E-state index contributed by atoms with van der Waals surface area (Å²) in [7, 11) is 0. The van der Waals surface area contributed by atoms with Crippen molar-refractivity contribution in [1.29, 1.82) is 0 Å². The molecule has 0 N–H and O–H groups in total. The molecule has 51 heavy (non-hydrogen) atoms. The molecule has 0 saturated heterocycles. The van der Waals surface area contributed by atoms with E-state index in [2.05, 4.69) is 24.3 Å². The highest BCUT2D eigenvalue weighted by atomic mass is 15.1. The van der Waals surface area contributed by atoms with Gasteiger partial charge in [0.2, 0.25) is 0 Å². The van der Waals surface area contributed by atoms with Crippen LogP contribution in [0.5, 0.6) is 0 Å². The van der Waals surface area contributed by atoms with E-state index in [1.807, 2.05) is 135 Å². The van der Waals surface area contributed by atoms with Crippen LogP contribution in [-0.2, 0) is 0 Å². The first kappa shape index (κ1) is 23.4. The summed E-state index contributed by atoms with van der Waals surface area (Å²) in [5, 5.41) is 5.87. The van der Waals surface area contributed by atoms with E-state index in [-0.39, 0.29) is 52.9 Å². The molecule has 0 spiro atoms. The molecule has 0 bridgehead atoms. The molecule has 7 aromatic carbocycles. The minimum atomic E-state index is -0.398. The molecule has 0 aliphatic carbocycles. The van der Waals surface area contributed by atoms with Crippen LogP contribution in [0.2, 0.25) is 0 Å². The van der Waals surface area contributed by atoms with E-state index in [9.17, 15) is 4.11 Å². The third-order valence-corrected chi connectivity index (χ3v) is 9.93. The molecule has 0 amide bonds. The van der Waals surface area contributed by atoms with Crippen LogP contribution in [0.3, 0.4) is 0 Å². The number of nitrogens with zero attached hydrogens (tertiary/aromatic N) is 5. The standard InChI is InChI=1S/C46H29N5/c1-8-22-37-30(15-1)31-16-2-9-23-38(31)49(37)43-28-14-7-21-36(43)46-47-44(50-39-24-10-3-17-32(39)33-18-4-11-25-40(33)50)29-45(48-46)51-41-26-12-5-19-34(41)35-20-6-13-27-42(35)51/h1-29H/i7D,14D,21D,28D,29D. The fourth-order valence-electron chi connectivity index (χ4n) is 7.81. The van der Waals surface area contributed by atoms with Gasteiger partial charge >= 0.3 is 0 Å². The minimum absolute atomic E-state index is 0.0611. The van der Waals surface area contributed by atoms with Crippen molar-refractivity contribution in [3.05, 3.63) is 176 Å². The predicted octanol–water partition coefficient (Wildman–Crippen LogP) is 11.4. The number of benzene rings is 7. The number of aromatic nitrogens is 5. The van der Waals surface area contributed by atoms with Crippen LogP contribution in [-0.4, -0.2) is 23.7 Å². The number of rotatable bonds is 4. The zero-order valence-electron chi connectivity index (χ0n) is 32.1. The molecule has 4 aromatic heterocycles. The molecule has 11 rings (SSSR count). The molecule has 5 heteroatoms. The Hall–Kier alpha value is -6.98. The molecule has 5 nitrogen and oxygen atoms in total. The van der Waals surface area contributed by atoms with Gasteiger partial charge in [0.1, 0.15) is 11.6 Å². The lowest BCUT2D eigenvalue weighted by Gasteiger charge is -2.16. The number of hydrogen-bond donors (Lipinski definition) is 0. The summed E-state index contributed by atoms with van der Waals surface area (Å²) in [6, 6.07) is 46.6. The zero-order valence-corrected chi connectivity index (χ0v) is 27.1. The van der Waals surface area contributed by atoms with Gasteiger partial charge in [-0.3, -0.25) is 9.13 Å². The second-order valence-corrected chi connectivity index (χ2v) is 12.7. The van der Waals surface area contributed by atoms with Gasteiger partial charge in [0.15, 0.2) is 5.82 Å². The Morgan fingerprint density at radius 3 is 1.06 bits per heavy atom. The van der Waals surface area contributed by atoms with E-state index in [0.29, 0.717) is 0 Å². The van der Waals surface area contributed by atoms with Crippen molar-refractivity contribution in [2.45, 2.75) is 0 Å². The van der Waals surface area contributed by atoms with Gasteiger partial charge < -0.3 is 4.57 Å². The summed E-state index contributed by atoms with van der Waals surface area (Å²) in [4.78, 5) is 10.4. The quantitative estimate of drug-likeness (QED) is 0.189. The lowest BCUT2D eigenvalue weighted by molar-refractivity contribution is 0.991. The lowest BCUT2D eigenvalue weighted by Crippen LogP contribution is -2.07. The van der Waals surface area contributed by atoms with Crippen LogP contribution < -0.4 is 0 Å². The zero-order chi connectivity index (χ0) is 37.8. The molecule has 238 valence electrons. The Balaban J connectivity index is 1.34. The molecule has 4 heterocycles. The summed E-state index contributed by atoms with van der Waals surface area (Å²) >= 11 is 0. The molecule has 0 radical (unpaired) electrons. The summed E-state index contributed by atoms with van der Waals surface area (Å²) in [6.07, 6.45) is 0. The van der Waals surface area contributed by atoms with Crippen molar-refractivity contribution < 1.29 is 6.85 Å². The van der Waals surface area contributed by atoms with Gasteiger partial charge in [-0.25, -0.2) is 9.97 Å². The fraction of sp³-hybridized carbons (Fsp3) is 0. The van der Waals surface area contributed by atoms with Gasteiger partial charge in [0.05, 0.1) is 45.6 Å². The van der Waals surface area contributed by atoms with Gasteiger partial charge in [-0.2, -0.15) is 0 Å². The van der Waals surface area contributed by atoms with Crippen molar-refractivity contribution in [2.24, 2.45) is 0 Å². The molecule has 0 atom stereocenters. The highest BCUT2D eigenvalue weighted by Gasteiger charge is 2.21. The van der Waals surface area contributed by atoms with E-state index >= 15 is 0 Å². The maximum atomic E-state index is 10.0.